The van der Waals surface area contributed by atoms with Crippen LogP contribution in [0.2, 0.25) is 0 Å². The average molecular weight is 648 g/mol. The summed E-state index contributed by atoms with van der Waals surface area (Å²) in [5.74, 6) is -2.16. The van der Waals surface area contributed by atoms with Gasteiger partial charge in [0.25, 0.3) is 5.91 Å². The molecule has 244 valence electrons. The van der Waals surface area contributed by atoms with E-state index in [1.807, 2.05) is 0 Å². The summed E-state index contributed by atoms with van der Waals surface area (Å²) in [6.45, 7) is 4.75. The van der Waals surface area contributed by atoms with Gasteiger partial charge in [-0.2, -0.15) is 15.2 Å². The summed E-state index contributed by atoms with van der Waals surface area (Å²) in [5.41, 5.74) is 1.48. The Morgan fingerprint density at radius 2 is 2.04 bits per heavy atom. The average Bonchev–Trinajstić information content (AvgIpc) is 3.36. The number of piperazine rings is 1. The van der Waals surface area contributed by atoms with Crippen molar-refractivity contribution < 1.29 is 27.1 Å². The molecular formula is C34H33F4N7O2. The Balaban J connectivity index is 1.20. The van der Waals surface area contributed by atoms with E-state index >= 15 is 4.39 Å². The summed E-state index contributed by atoms with van der Waals surface area (Å²) in [5, 5.41) is 9.78. The van der Waals surface area contributed by atoms with Crippen LogP contribution in [0.3, 0.4) is 0 Å². The standard InChI is InChI=1S/C34H33F4N7O2/c1-18(35)32(46)45-10-9-43(16-21(45)5-7-39)31-25-14-40-29(22-3-4-26(37)27-23-11-19(23)12-24(22)27)28(38)30(25)41-33(42-31)47-17-34-6-2-8-44(34)15-20(36)13-34/h3-4,14,19-21,23H,1-2,5-6,8-13,15-17H2/t19-,20-,21+,23-,34+/m1/s1. The van der Waals surface area contributed by atoms with Gasteiger partial charge in [0.15, 0.2) is 11.6 Å². The SMILES string of the molecule is C=C(F)C(=O)N1CCN(c2nc(OC[C@@]34CCCN3C[C@H](F)C4)nc3c(F)c(-c4ccc(F)c5c4C[C@H]4C[C@@H]54)ncc23)C[C@@H]1CC#N. The van der Waals surface area contributed by atoms with Crippen molar-refractivity contribution in [3.8, 4) is 23.3 Å². The highest BCUT2D eigenvalue weighted by molar-refractivity contribution is 5.93. The number of hydrogen-bond donors (Lipinski definition) is 0. The third-order valence-corrected chi connectivity index (χ3v) is 10.8. The molecule has 13 heteroatoms. The van der Waals surface area contributed by atoms with Crippen LogP contribution in [-0.2, 0) is 11.2 Å². The quantitative estimate of drug-likeness (QED) is 0.261. The van der Waals surface area contributed by atoms with E-state index < -0.39 is 35.3 Å². The zero-order valence-corrected chi connectivity index (χ0v) is 25.7. The summed E-state index contributed by atoms with van der Waals surface area (Å²) in [4.78, 5) is 31.4. The van der Waals surface area contributed by atoms with Gasteiger partial charge in [-0.3, -0.25) is 14.7 Å². The van der Waals surface area contributed by atoms with Crippen molar-refractivity contribution in [2.45, 2.75) is 62.2 Å². The van der Waals surface area contributed by atoms with Gasteiger partial charge in [-0.1, -0.05) is 6.58 Å². The van der Waals surface area contributed by atoms with E-state index in [4.69, 9.17) is 4.74 Å². The monoisotopic (exact) mass is 647 g/mol. The first kappa shape index (κ1) is 30.1. The number of fused-ring (bicyclic) bond motifs is 5. The van der Waals surface area contributed by atoms with Crippen molar-refractivity contribution in [2.75, 3.05) is 44.2 Å². The van der Waals surface area contributed by atoms with E-state index in [0.29, 0.717) is 42.2 Å². The number of amides is 1. The number of nitriles is 1. The third-order valence-electron chi connectivity index (χ3n) is 10.8. The Morgan fingerprint density at radius 1 is 1.19 bits per heavy atom. The number of aromatic nitrogens is 3. The number of carbonyl (C=O) groups excluding carboxylic acids is 1. The van der Waals surface area contributed by atoms with Crippen molar-refractivity contribution in [3.05, 3.63) is 53.5 Å². The minimum Gasteiger partial charge on any atom is -0.461 e. The number of carbonyl (C=O) groups is 1. The Hall–Kier alpha value is -4.31. The molecule has 2 aromatic heterocycles. The van der Waals surface area contributed by atoms with Gasteiger partial charge in [0.2, 0.25) is 0 Å². The first-order valence-electron chi connectivity index (χ1n) is 16.1. The Morgan fingerprint density at radius 3 is 2.85 bits per heavy atom. The first-order chi connectivity index (χ1) is 22.7. The lowest BCUT2D eigenvalue weighted by molar-refractivity contribution is -0.131. The molecule has 5 heterocycles. The van der Waals surface area contributed by atoms with Crippen LogP contribution in [0.25, 0.3) is 22.2 Å². The molecule has 3 saturated heterocycles. The van der Waals surface area contributed by atoms with Crippen LogP contribution >= 0.6 is 0 Å². The van der Waals surface area contributed by atoms with Crippen LogP contribution in [0.4, 0.5) is 23.4 Å². The van der Waals surface area contributed by atoms with Crippen LogP contribution in [0.5, 0.6) is 6.01 Å². The molecule has 1 aromatic carbocycles. The topological polar surface area (TPSA) is 98.5 Å². The van der Waals surface area contributed by atoms with Crippen LogP contribution < -0.4 is 9.64 Å². The van der Waals surface area contributed by atoms with E-state index in [2.05, 4.69) is 32.5 Å². The number of nitrogens with zero attached hydrogens (tertiary/aromatic N) is 7. The number of ether oxygens (including phenoxy) is 1. The molecule has 9 nitrogen and oxygen atoms in total. The highest BCUT2D eigenvalue weighted by atomic mass is 19.1. The minimum absolute atomic E-state index is 0.0423. The lowest BCUT2D eigenvalue weighted by atomic mass is 9.95. The number of halogens is 4. The lowest BCUT2D eigenvalue weighted by Gasteiger charge is -2.41. The summed E-state index contributed by atoms with van der Waals surface area (Å²) in [6, 6.07) is 4.22. The maximum atomic E-state index is 16.7. The fourth-order valence-corrected chi connectivity index (χ4v) is 8.48. The molecule has 4 fully saturated rings. The fourth-order valence-electron chi connectivity index (χ4n) is 8.48. The van der Waals surface area contributed by atoms with Gasteiger partial charge in [0.1, 0.15) is 35.6 Å². The second-order valence-electron chi connectivity index (χ2n) is 13.5. The van der Waals surface area contributed by atoms with Crippen molar-refractivity contribution in [1.82, 2.24) is 24.8 Å². The Labute approximate surface area is 268 Å². The van der Waals surface area contributed by atoms with E-state index in [1.54, 1.807) is 11.0 Å². The smallest absolute Gasteiger partial charge is 0.319 e. The molecule has 5 aliphatic rings. The third kappa shape index (κ3) is 4.91. The second-order valence-corrected chi connectivity index (χ2v) is 13.5. The number of hydrogen-bond acceptors (Lipinski definition) is 8. The van der Waals surface area contributed by atoms with E-state index in [0.717, 1.165) is 31.4 Å². The normalized spacial score (nSPS) is 27.8. The van der Waals surface area contributed by atoms with Crippen LogP contribution in [0.1, 0.15) is 49.1 Å². The molecule has 0 unspecified atom stereocenters. The summed E-state index contributed by atoms with van der Waals surface area (Å²) in [6.07, 6.45) is 4.07. The molecule has 5 atom stereocenters. The molecule has 8 rings (SSSR count). The second kappa shape index (κ2) is 11.1. The highest BCUT2D eigenvalue weighted by Gasteiger charge is 2.50. The van der Waals surface area contributed by atoms with E-state index in [9.17, 15) is 23.2 Å². The maximum Gasteiger partial charge on any atom is 0.319 e. The molecule has 3 aliphatic heterocycles. The lowest BCUT2D eigenvalue weighted by Crippen LogP contribution is -2.55. The molecule has 0 N–H and O–H groups in total. The molecule has 47 heavy (non-hydrogen) atoms. The minimum atomic E-state index is -1.12. The summed E-state index contributed by atoms with van der Waals surface area (Å²) in [7, 11) is 0. The number of anilines is 1. The molecule has 0 bridgehead atoms. The van der Waals surface area contributed by atoms with Gasteiger partial charge in [-0.05, 0) is 67.3 Å². The molecule has 2 aliphatic carbocycles. The number of benzene rings is 1. The predicted octanol–water partition coefficient (Wildman–Crippen LogP) is 5.00. The van der Waals surface area contributed by atoms with Crippen molar-refractivity contribution >= 4 is 22.6 Å². The molecule has 1 amide bonds. The van der Waals surface area contributed by atoms with Crippen LogP contribution in [0, 0.1) is 28.9 Å². The zero-order valence-electron chi connectivity index (χ0n) is 25.7. The predicted molar refractivity (Wildman–Crippen MR) is 164 cm³/mol. The van der Waals surface area contributed by atoms with E-state index in [-0.39, 0.29) is 67.0 Å². The van der Waals surface area contributed by atoms with Crippen molar-refractivity contribution in [3.63, 3.8) is 0 Å². The largest absolute Gasteiger partial charge is 0.461 e. The number of rotatable bonds is 7. The van der Waals surface area contributed by atoms with Crippen molar-refractivity contribution in [1.29, 1.82) is 5.26 Å². The van der Waals surface area contributed by atoms with E-state index in [1.165, 1.54) is 17.2 Å². The maximum absolute atomic E-state index is 16.7. The van der Waals surface area contributed by atoms with Crippen molar-refractivity contribution in [2.24, 2.45) is 5.92 Å². The summed E-state index contributed by atoms with van der Waals surface area (Å²) < 4.78 is 66.0. The first-order valence-corrected chi connectivity index (χ1v) is 16.1. The van der Waals surface area contributed by atoms with Gasteiger partial charge >= 0.3 is 6.01 Å². The summed E-state index contributed by atoms with van der Waals surface area (Å²) >= 11 is 0. The van der Waals surface area contributed by atoms with Gasteiger partial charge in [0, 0.05) is 44.4 Å². The fraction of sp³-hybridized carbons (Fsp3) is 0.500. The van der Waals surface area contributed by atoms with Gasteiger partial charge in [-0.15, -0.1) is 0 Å². The number of pyridine rings is 1. The molecule has 1 saturated carbocycles. The van der Waals surface area contributed by atoms with Crippen LogP contribution in [0.15, 0.2) is 30.7 Å². The highest BCUT2D eigenvalue weighted by Crippen LogP contribution is 2.58. The molecule has 0 radical (unpaired) electrons. The zero-order chi connectivity index (χ0) is 32.6. The van der Waals surface area contributed by atoms with Gasteiger partial charge < -0.3 is 14.5 Å². The van der Waals surface area contributed by atoms with Crippen LogP contribution in [-0.4, -0.2) is 87.7 Å². The van der Waals surface area contributed by atoms with Gasteiger partial charge in [0.05, 0.1) is 29.5 Å². The molecular weight excluding hydrogens is 614 g/mol. The molecule has 3 aromatic rings. The van der Waals surface area contributed by atoms with Gasteiger partial charge in [-0.25, -0.2) is 17.6 Å². The number of alkyl halides is 1. The molecule has 0 spiro atoms. The Kier molecular flexibility index (Phi) is 7.13. The Bertz CT molecular complexity index is 1870.